The predicted octanol–water partition coefficient (Wildman–Crippen LogP) is -0.792. The molecular formula is C9H14N6O4S2. The van der Waals surface area contributed by atoms with Crippen LogP contribution in [0.25, 0.3) is 0 Å². The third-order valence-electron chi connectivity index (χ3n) is 2.66. The summed E-state index contributed by atoms with van der Waals surface area (Å²) in [6.45, 7) is 3.05. The van der Waals surface area contributed by atoms with Gasteiger partial charge in [0, 0.05) is 13.2 Å². The summed E-state index contributed by atoms with van der Waals surface area (Å²) >= 11 is 0. The van der Waals surface area contributed by atoms with Crippen molar-refractivity contribution in [2.45, 2.75) is 23.6 Å². The highest BCUT2D eigenvalue weighted by atomic mass is 32.2. The number of aryl methyl sites for hydroxylation is 3. The molecule has 4 N–H and O–H groups in total. The van der Waals surface area contributed by atoms with Gasteiger partial charge in [0.05, 0.1) is 11.4 Å². The SMILES string of the molecule is Cc1n[nH]c(C)c1S(=O)(=O)Nc1nn(C)cc1S(N)(=O)=O. The maximum Gasteiger partial charge on any atom is 0.266 e. The van der Waals surface area contributed by atoms with Crippen LogP contribution in [0.15, 0.2) is 16.0 Å². The number of nitrogens with zero attached hydrogens (tertiary/aromatic N) is 3. The van der Waals surface area contributed by atoms with Gasteiger partial charge in [-0.25, -0.2) is 22.0 Å². The molecule has 0 unspecified atom stereocenters. The lowest BCUT2D eigenvalue weighted by Gasteiger charge is -2.06. The van der Waals surface area contributed by atoms with Crippen LogP contribution in [-0.2, 0) is 27.1 Å². The summed E-state index contributed by atoms with van der Waals surface area (Å²) in [5, 5.41) is 15.1. The summed E-state index contributed by atoms with van der Waals surface area (Å²) in [6, 6.07) is 0. The lowest BCUT2D eigenvalue weighted by Crippen LogP contribution is -2.19. The van der Waals surface area contributed by atoms with Crippen molar-refractivity contribution in [1.29, 1.82) is 0 Å². The van der Waals surface area contributed by atoms with Gasteiger partial charge in [-0.15, -0.1) is 0 Å². The highest BCUT2D eigenvalue weighted by molar-refractivity contribution is 7.93. The van der Waals surface area contributed by atoms with Crippen LogP contribution in [0.1, 0.15) is 11.4 Å². The van der Waals surface area contributed by atoms with Crippen molar-refractivity contribution in [1.82, 2.24) is 20.0 Å². The smallest absolute Gasteiger partial charge is 0.266 e. The summed E-state index contributed by atoms with van der Waals surface area (Å²) in [5.41, 5.74) is 0.584. The molecular weight excluding hydrogens is 320 g/mol. The largest absolute Gasteiger partial charge is 0.281 e. The second kappa shape index (κ2) is 4.82. The van der Waals surface area contributed by atoms with Gasteiger partial charge in [0.15, 0.2) is 5.82 Å². The number of H-pyrrole nitrogens is 1. The van der Waals surface area contributed by atoms with Crippen LogP contribution in [0.2, 0.25) is 0 Å². The number of hydrogen-bond donors (Lipinski definition) is 3. The lowest BCUT2D eigenvalue weighted by molar-refractivity contribution is 0.598. The molecule has 2 aromatic heterocycles. The van der Waals surface area contributed by atoms with Gasteiger partial charge in [0.2, 0.25) is 10.0 Å². The summed E-state index contributed by atoms with van der Waals surface area (Å²) in [4.78, 5) is -0.471. The van der Waals surface area contributed by atoms with Crippen molar-refractivity contribution in [3.05, 3.63) is 17.6 Å². The molecule has 116 valence electrons. The zero-order chi connectivity index (χ0) is 16.0. The second-order valence-corrected chi connectivity index (χ2v) is 7.58. The molecule has 0 saturated carbocycles. The maximum atomic E-state index is 12.3. The van der Waals surface area contributed by atoms with Gasteiger partial charge in [-0.05, 0) is 13.8 Å². The van der Waals surface area contributed by atoms with E-state index in [4.69, 9.17) is 5.14 Å². The summed E-state index contributed by atoms with van der Waals surface area (Å²) in [5.74, 6) is -0.361. The van der Waals surface area contributed by atoms with Gasteiger partial charge in [-0.1, -0.05) is 0 Å². The quantitative estimate of drug-likeness (QED) is 0.666. The molecule has 2 aromatic rings. The Labute approximate surface area is 121 Å². The van der Waals surface area contributed by atoms with E-state index in [0.29, 0.717) is 5.69 Å². The van der Waals surface area contributed by atoms with Crippen LogP contribution in [0.3, 0.4) is 0 Å². The molecule has 0 aliphatic rings. The number of sulfonamides is 2. The molecule has 0 aromatic carbocycles. The predicted molar refractivity (Wildman–Crippen MR) is 73.5 cm³/mol. The summed E-state index contributed by atoms with van der Waals surface area (Å²) < 4.78 is 50.8. The highest BCUT2D eigenvalue weighted by Crippen LogP contribution is 2.23. The van der Waals surface area contributed by atoms with E-state index in [9.17, 15) is 16.8 Å². The second-order valence-electron chi connectivity index (χ2n) is 4.43. The highest BCUT2D eigenvalue weighted by Gasteiger charge is 2.27. The Morgan fingerprint density at radius 2 is 1.90 bits per heavy atom. The van der Waals surface area contributed by atoms with Crippen molar-refractivity contribution in [3.63, 3.8) is 0 Å². The summed E-state index contributed by atoms with van der Waals surface area (Å²) in [7, 11) is -6.70. The van der Waals surface area contributed by atoms with Crippen LogP contribution < -0.4 is 9.86 Å². The molecule has 0 aliphatic heterocycles. The Balaban J connectivity index is 2.53. The topological polar surface area (TPSA) is 153 Å². The van der Waals surface area contributed by atoms with E-state index in [1.165, 1.54) is 20.9 Å². The van der Waals surface area contributed by atoms with Crippen molar-refractivity contribution in [2.24, 2.45) is 12.2 Å². The van der Waals surface area contributed by atoms with Crippen LogP contribution in [0.4, 0.5) is 5.82 Å². The average molecular weight is 334 g/mol. The molecule has 12 heteroatoms. The van der Waals surface area contributed by atoms with E-state index in [1.54, 1.807) is 0 Å². The zero-order valence-electron chi connectivity index (χ0n) is 11.4. The molecule has 2 rings (SSSR count). The normalized spacial score (nSPS) is 12.6. The van der Waals surface area contributed by atoms with Crippen molar-refractivity contribution < 1.29 is 16.8 Å². The molecule has 2 heterocycles. The van der Waals surface area contributed by atoms with E-state index < -0.39 is 24.9 Å². The van der Waals surface area contributed by atoms with Crippen molar-refractivity contribution in [3.8, 4) is 0 Å². The Morgan fingerprint density at radius 3 is 2.38 bits per heavy atom. The Bertz CT molecular complexity index is 873. The van der Waals surface area contributed by atoms with Gasteiger partial charge in [-0.3, -0.25) is 14.5 Å². The van der Waals surface area contributed by atoms with Crippen LogP contribution in [0, 0.1) is 13.8 Å². The number of aromatic amines is 1. The first kappa shape index (κ1) is 15.5. The first-order valence-electron chi connectivity index (χ1n) is 5.63. The number of hydrogen-bond acceptors (Lipinski definition) is 6. The molecule has 21 heavy (non-hydrogen) atoms. The molecule has 0 aliphatic carbocycles. The Morgan fingerprint density at radius 1 is 1.29 bits per heavy atom. The summed E-state index contributed by atoms with van der Waals surface area (Å²) in [6.07, 6.45) is 1.11. The van der Waals surface area contributed by atoms with Crippen LogP contribution in [0.5, 0.6) is 0 Å². The number of primary sulfonamides is 1. The van der Waals surface area contributed by atoms with Gasteiger partial charge in [0.1, 0.15) is 9.79 Å². The third kappa shape index (κ3) is 2.91. The number of nitrogens with two attached hydrogens (primary N) is 1. The number of nitrogens with one attached hydrogen (secondary N) is 2. The van der Waals surface area contributed by atoms with E-state index in [2.05, 4.69) is 20.0 Å². The fourth-order valence-electron chi connectivity index (χ4n) is 1.86. The van der Waals surface area contributed by atoms with Gasteiger partial charge in [0.25, 0.3) is 10.0 Å². The molecule has 0 saturated heterocycles. The number of aromatic nitrogens is 4. The zero-order valence-corrected chi connectivity index (χ0v) is 13.1. The van der Waals surface area contributed by atoms with Gasteiger partial charge < -0.3 is 0 Å². The maximum absolute atomic E-state index is 12.3. The standard InChI is InChI=1S/C9H14N6O4S2/c1-5-8(6(2)12-11-5)21(18,19)14-9-7(20(10,16)17)4-15(3)13-9/h4H,1-3H3,(H,11,12)(H,13,14)(H2,10,16,17). The average Bonchev–Trinajstić information content (AvgIpc) is 2.81. The lowest BCUT2D eigenvalue weighted by atomic mass is 10.4. The minimum atomic E-state index is -4.11. The first-order valence-corrected chi connectivity index (χ1v) is 8.66. The molecule has 0 atom stereocenters. The van der Waals surface area contributed by atoms with Crippen LogP contribution in [-0.4, -0.2) is 36.8 Å². The van der Waals surface area contributed by atoms with Crippen LogP contribution >= 0.6 is 0 Å². The van der Waals surface area contributed by atoms with E-state index in [1.807, 2.05) is 0 Å². The monoisotopic (exact) mass is 334 g/mol. The Hall–Kier alpha value is -1.92. The van der Waals surface area contributed by atoms with Crippen molar-refractivity contribution in [2.75, 3.05) is 4.72 Å². The van der Waals surface area contributed by atoms with Gasteiger partial charge in [-0.2, -0.15) is 10.2 Å². The van der Waals surface area contributed by atoms with Gasteiger partial charge >= 0.3 is 0 Å². The van der Waals surface area contributed by atoms with E-state index in [-0.39, 0.29) is 16.4 Å². The molecule has 0 amide bonds. The molecule has 0 radical (unpaired) electrons. The number of anilines is 1. The molecule has 0 bridgehead atoms. The van der Waals surface area contributed by atoms with E-state index in [0.717, 1.165) is 10.9 Å². The van der Waals surface area contributed by atoms with Crippen molar-refractivity contribution >= 4 is 25.9 Å². The van der Waals surface area contributed by atoms with E-state index >= 15 is 0 Å². The molecule has 0 spiro atoms. The molecule has 10 nitrogen and oxygen atoms in total. The minimum absolute atomic E-state index is 0.0616. The molecule has 0 fully saturated rings. The fourth-order valence-corrected chi connectivity index (χ4v) is 3.98. The fraction of sp³-hybridized carbons (Fsp3) is 0.333. The first-order chi connectivity index (χ1) is 9.52. The third-order valence-corrected chi connectivity index (χ3v) is 5.17. The number of rotatable bonds is 4. The minimum Gasteiger partial charge on any atom is -0.281 e. The Kier molecular flexibility index (Phi) is 3.55.